The highest BCUT2D eigenvalue weighted by molar-refractivity contribution is 5.99. The van der Waals surface area contributed by atoms with E-state index in [1.807, 2.05) is 69.5 Å². The summed E-state index contributed by atoms with van der Waals surface area (Å²) < 4.78 is 0. The predicted octanol–water partition coefficient (Wildman–Crippen LogP) is 6.56. The van der Waals surface area contributed by atoms with Crippen molar-refractivity contribution in [1.82, 2.24) is 0 Å². The van der Waals surface area contributed by atoms with E-state index in [9.17, 15) is 4.79 Å². The summed E-state index contributed by atoms with van der Waals surface area (Å²) in [5.41, 5.74) is 5.22. The number of allylic oxidation sites excluding steroid dienone is 8. The summed E-state index contributed by atoms with van der Waals surface area (Å²) >= 11 is 0. The van der Waals surface area contributed by atoms with Crippen molar-refractivity contribution in [3.8, 4) is 0 Å². The van der Waals surface area contributed by atoms with E-state index in [2.05, 4.69) is 67.5 Å². The number of anilines is 2. The number of carbonyl (C=O) groups excluding carboxylic acids is 1. The highest BCUT2D eigenvalue weighted by Gasteiger charge is 2.37. The van der Waals surface area contributed by atoms with E-state index in [0.29, 0.717) is 0 Å². The molecule has 0 radical (unpaired) electrons. The quantitative estimate of drug-likeness (QED) is 0.402. The summed E-state index contributed by atoms with van der Waals surface area (Å²) in [6.07, 6.45) is 13.5. The van der Waals surface area contributed by atoms with Crippen molar-refractivity contribution < 1.29 is 4.79 Å². The molecular formula is C29H34N2O. The van der Waals surface area contributed by atoms with Gasteiger partial charge in [-0.3, -0.25) is 4.79 Å². The Kier molecular flexibility index (Phi) is 6.88. The van der Waals surface area contributed by atoms with E-state index >= 15 is 0 Å². The van der Waals surface area contributed by atoms with Crippen molar-refractivity contribution >= 4 is 17.2 Å². The highest BCUT2D eigenvalue weighted by atomic mass is 16.1. The Morgan fingerprint density at radius 3 is 2.28 bits per heavy atom. The number of nitrogens with one attached hydrogen (secondary N) is 1. The van der Waals surface area contributed by atoms with Gasteiger partial charge in [0, 0.05) is 36.6 Å². The number of likely N-dealkylation sites (N-methyl/N-ethyl adjacent to an activating group) is 1. The zero-order valence-corrected chi connectivity index (χ0v) is 20.0. The van der Waals surface area contributed by atoms with Gasteiger partial charge in [0.2, 0.25) is 0 Å². The number of carbonyl (C=O) groups is 1. The predicted molar refractivity (Wildman–Crippen MR) is 137 cm³/mol. The van der Waals surface area contributed by atoms with E-state index < -0.39 is 5.41 Å². The van der Waals surface area contributed by atoms with E-state index in [1.165, 1.54) is 16.9 Å². The molecule has 32 heavy (non-hydrogen) atoms. The number of hydrogen-bond donors (Lipinski definition) is 1. The van der Waals surface area contributed by atoms with Gasteiger partial charge in [0.1, 0.15) is 0 Å². The topological polar surface area (TPSA) is 32.3 Å². The van der Waals surface area contributed by atoms with Crippen LogP contribution >= 0.6 is 0 Å². The third-order valence-electron chi connectivity index (χ3n) is 6.37. The van der Waals surface area contributed by atoms with Crippen LogP contribution in [0.5, 0.6) is 0 Å². The first kappa shape index (κ1) is 23.3. The van der Waals surface area contributed by atoms with Crippen LogP contribution in [0.15, 0.2) is 96.8 Å². The maximum atomic E-state index is 12.8. The molecule has 0 spiro atoms. The fourth-order valence-corrected chi connectivity index (χ4v) is 4.37. The van der Waals surface area contributed by atoms with Crippen LogP contribution in [0.1, 0.15) is 38.8 Å². The number of hydrogen-bond acceptors (Lipinski definition) is 3. The molecule has 0 saturated heterocycles. The maximum Gasteiger partial charge on any atom is 0.165 e. The van der Waals surface area contributed by atoms with E-state index in [0.717, 1.165) is 11.3 Å². The fourth-order valence-electron chi connectivity index (χ4n) is 4.37. The second-order valence-corrected chi connectivity index (χ2v) is 9.17. The first-order valence-corrected chi connectivity index (χ1v) is 11.1. The van der Waals surface area contributed by atoms with Gasteiger partial charge in [0.25, 0.3) is 0 Å². The Morgan fingerprint density at radius 2 is 1.56 bits per heavy atom. The van der Waals surface area contributed by atoms with Crippen LogP contribution in [-0.4, -0.2) is 19.9 Å². The molecule has 0 aliphatic carbocycles. The molecule has 1 heterocycles. The summed E-state index contributed by atoms with van der Waals surface area (Å²) in [6.45, 7) is 8.44. The van der Waals surface area contributed by atoms with Gasteiger partial charge < -0.3 is 10.2 Å². The summed E-state index contributed by atoms with van der Waals surface area (Å²) in [7, 11) is 3.99. The molecule has 166 valence electrons. The maximum absolute atomic E-state index is 12.8. The molecule has 3 heteroatoms. The Bertz CT molecular complexity index is 1100. The van der Waals surface area contributed by atoms with Crippen LogP contribution < -0.4 is 10.2 Å². The number of para-hydroxylation sites is 2. The molecule has 3 nitrogen and oxygen atoms in total. The smallest absolute Gasteiger partial charge is 0.165 e. The average molecular weight is 427 g/mol. The molecule has 2 aromatic carbocycles. The van der Waals surface area contributed by atoms with Crippen molar-refractivity contribution in [2.24, 2.45) is 0 Å². The number of nitrogens with zero attached hydrogens (tertiary/aromatic N) is 1. The molecule has 2 aromatic rings. The third-order valence-corrected chi connectivity index (χ3v) is 6.37. The molecule has 0 unspecified atom stereocenters. The van der Waals surface area contributed by atoms with E-state index in [4.69, 9.17) is 0 Å². The van der Waals surface area contributed by atoms with Crippen molar-refractivity contribution in [3.05, 3.63) is 108 Å². The Balaban J connectivity index is 1.65. The van der Waals surface area contributed by atoms with Gasteiger partial charge in [-0.05, 0) is 49.3 Å². The largest absolute Gasteiger partial charge is 0.388 e. The van der Waals surface area contributed by atoms with Crippen LogP contribution in [0.25, 0.3) is 0 Å². The zero-order valence-electron chi connectivity index (χ0n) is 20.0. The fraction of sp³-hybridized carbons (Fsp3) is 0.276. The van der Waals surface area contributed by atoms with Gasteiger partial charge in [-0.2, -0.15) is 0 Å². The van der Waals surface area contributed by atoms with Crippen molar-refractivity contribution in [2.75, 3.05) is 24.3 Å². The molecule has 1 aliphatic rings. The SMILES string of the molecule is CNc1ccccc1C(C)(C)C(=O)C=CC=CC=CC=C1N(C)c2ccccc2C1(C)C. The lowest BCUT2D eigenvalue weighted by molar-refractivity contribution is -0.118. The van der Waals surface area contributed by atoms with Gasteiger partial charge in [-0.25, -0.2) is 0 Å². The molecule has 0 fully saturated rings. The molecule has 0 atom stereocenters. The van der Waals surface area contributed by atoms with Crippen LogP contribution in [0.2, 0.25) is 0 Å². The van der Waals surface area contributed by atoms with Gasteiger partial charge >= 0.3 is 0 Å². The minimum absolute atomic E-state index is 0.0268. The van der Waals surface area contributed by atoms with Gasteiger partial charge in [0.15, 0.2) is 5.78 Å². The van der Waals surface area contributed by atoms with Crippen LogP contribution in [0.4, 0.5) is 11.4 Å². The van der Waals surface area contributed by atoms with E-state index in [-0.39, 0.29) is 11.2 Å². The number of fused-ring (bicyclic) bond motifs is 1. The molecule has 3 rings (SSSR count). The monoisotopic (exact) mass is 426 g/mol. The molecule has 0 bridgehead atoms. The van der Waals surface area contributed by atoms with Crippen molar-refractivity contribution in [3.63, 3.8) is 0 Å². The number of ketones is 1. The Morgan fingerprint density at radius 1 is 0.938 bits per heavy atom. The van der Waals surface area contributed by atoms with Crippen LogP contribution in [-0.2, 0) is 15.6 Å². The molecule has 1 N–H and O–H groups in total. The van der Waals surface area contributed by atoms with Gasteiger partial charge in [-0.15, -0.1) is 0 Å². The average Bonchev–Trinajstić information content (AvgIpc) is 2.98. The first-order chi connectivity index (χ1) is 15.2. The third kappa shape index (κ3) is 4.47. The lowest BCUT2D eigenvalue weighted by Crippen LogP contribution is -2.28. The number of benzene rings is 2. The van der Waals surface area contributed by atoms with Gasteiger partial charge in [-0.1, -0.05) is 80.6 Å². The minimum Gasteiger partial charge on any atom is -0.388 e. The Hall–Kier alpha value is -3.33. The standard InChI is InChI=1S/C29H34N2O/c1-28(2)23-17-13-15-19-25(23)31(6)26(28)20-10-8-7-9-11-21-27(32)29(3,4)22-16-12-14-18-24(22)30-5/h7-21,30H,1-6H3. The summed E-state index contributed by atoms with van der Waals surface area (Å²) in [6, 6.07) is 16.5. The number of rotatable bonds is 7. The molecule has 0 amide bonds. The highest BCUT2D eigenvalue weighted by Crippen LogP contribution is 2.46. The lowest BCUT2D eigenvalue weighted by atomic mass is 9.79. The summed E-state index contributed by atoms with van der Waals surface area (Å²) in [5.74, 6) is 0.0723. The van der Waals surface area contributed by atoms with Gasteiger partial charge in [0.05, 0.1) is 5.41 Å². The molecule has 0 saturated carbocycles. The Labute approximate surface area is 192 Å². The molecular weight excluding hydrogens is 392 g/mol. The second kappa shape index (κ2) is 9.44. The molecule has 1 aliphatic heterocycles. The molecule has 0 aromatic heterocycles. The van der Waals surface area contributed by atoms with Crippen molar-refractivity contribution in [1.29, 1.82) is 0 Å². The van der Waals surface area contributed by atoms with E-state index in [1.54, 1.807) is 6.08 Å². The zero-order chi connectivity index (χ0) is 23.4. The lowest BCUT2D eigenvalue weighted by Gasteiger charge is -2.24. The second-order valence-electron chi connectivity index (χ2n) is 9.17. The minimum atomic E-state index is -0.599. The van der Waals surface area contributed by atoms with Crippen LogP contribution in [0.3, 0.4) is 0 Å². The summed E-state index contributed by atoms with van der Waals surface area (Å²) in [5, 5.41) is 3.18. The van der Waals surface area contributed by atoms with Crippen molar-refractivity contribution in [2.45, 2.75) is 38.5 Å². The van der Waals surface area contributed by atoms with Crippen LogP contribution in [0, 0.1) is 0 Å². The normalized spacial score (nSPS) is 17.1. The first-order valence-electron chi connectivity index (χ1n) is 11.1. The summed E-state index contributed by atoms with van der Waals surface area (Å²) in [4.78, 5) is 15.1.